The van der Waals surface area contributed by atoms with E-state index in [-0.39, 0.29) is 0 Å². The Morgan fingerprint density at radius 2 is 2.25 bits per heavy atom. The van der Waals surface area contributed by atoms with Gasteiger partial charge in [0.25, 0.3) is 0 Å². The van der Waals surface area contributed by atoms with Gasteiger partial charge in [0.15, 0.2) is 0 Å². The summed E-state index contributed by atoms with van der Waals surface area (Å²) in [6.45, 7) is 4.21. The molecule has 5 heteroatoms. The molecule has 0 radical (unpaired) electrons. The van der Waals surface area contributed by atoms with E-state index in [1.807, 2.05) is 0 Å². The van der Waals surface area contributed by atoms with Gasteiger partial charge in [-0.2, -0.15) is 5.26 Å². The monoisotopic (exact) mass is 249 g/mol. The summed E-state index contributed by atoms with van der Waals surface area (Å²) in [5, 5.41) is 10.7. The number of hydrogen-bond donors (Lipinski definition) is 0. The minimum atomic E-state index is 0.554. The zero-order chi connectivity index (χ0) is 11.5. The van der Waals surface area contributed by atoms with Crippen molar-refractivity contribution >= 4 is 33.3 Å². The van der Waals surface area contributed by atoms with Crippen molar-refractivity contribution < 1.29 is 0 Å². The van der Waals surface area contributed by atoms with Crippen molar-refractivity contribution in [2.45, 2.75) is 25.3 Å². The van der Waals surface area contributed by atoms with Crippen LogP contribution < -0.4 is 0 Å². The zero-order valence-corrected chi connectivity index (χ0v) is 10.8. The largest absolute Gasteiger partial charge is 0.229 e. The molecule has 0 aromatic carbocycles. The molecule has 0 aliphatic carbocycles. The van der Waals surface area contributed by atoms with Gasteiger partial charge >= 0.3 is 0 Å². The molecule has 0 amide bonds. The minimum Gasteiger partial charge on any atom is -0.229 e. The fourth-order valence-corrected chi connectivity index (χ4v) is 3.42. The van der Waals surface area contributed by atoms with Gasteiger partial charge in [-0.25, -0.2) is 9.97 Å². The van der Waals surface area contributed by atoms with E-state index >= 15 is 0 Å². The number of fused-ring (bicyclic) bond motifs is 1. The first kappa shape index (κ1) is 11.4. The highest BCUT2D eigenvalue weighted by molar-refractivity contribution is 7.99. The second-order valence-corrected chi connectivity index (χ2v) is 5.69. The van der Waals surface area contributed by atoms with E-state index in [1.54, 1.807) is 29.4 Å². The quantitative estimate of drug-likeness (QED) is 0.475. The van der Waals surface area contributed by atoms with E-state index < -0.39 is 0 Å². The Morgan fingerprint density at radius 3 is 3.00 bits per heavy atom. The fraction of sp³-hybridized carbons (Fsp3) is 0.364. The highest BCUT2D eigenvalue weighted by Crippen LogP contribution is 2.34. The van der Waals surface area contributed by atoms with E-state index in [4.69, 9.17) is 5.26 Å². The first-order valence-corrected chi connectivity index (χ1v) is 6.74. The van der Waals surface area contributed by atoms with Crippen LogP contribution in [-0.2, 0) is 0 Å². The summed E-state index contributed by atoms with van der Waals surface area (Å²) in [7, 11) is 0. The predicted molar refractivity (Wildman–Crippen MR) is 67.8 cm³/mol. The minimum absolute atomic E-state index is 0.554. The lowest BCUT2D eigenvalue weighted by Crippen LogP contribution is -1.86. The molecule has 0 saturated carbocycles. The number of nitriles is 1. The first-order chi connectivity index (χ1) is 7.74. The molecular formula is C11H11N3S2. The van der Waals surface area contributed by atoms with Crippen LogP contribution in [0.1, 0.15) is 16.9 Å². The Balaban J connectivity index is 2.41. The SMILES string of the molecule is Cc1sc2ncnc(SCCC#N)c2c1C. The van der Waals surface area contributed by atoms with Crippen LogP contribution in [0.25, 0.3) is 10.2 Å². The van der Waals surface area contributed by atoms with Crippen LogP contribution in [0.15, 0.2) is 11.4 Å². The Labute approximate surface area is 103 Å². The maximum atomic E-state index is 8.52. The molecule has 0 atom stereocenters. The molecule has 0 saturated heterocycles. The third-order valence-corrected chi connectivity index (χ3v) is 4.49. The van der Waals surface area contributed by atoms with E-state index in [0.717, 1.165) is 21.0 Å². The normalized spacial score (nSPS) is 10.6. The highest BCUT2D eigenvalue weighted by atomic mass is 32.2. The van der Waals surface area contributed by atoms with Gasteiger partial charge in [0.2, 0.25) is 0 Å². The number of aromatic nitrogens is 2. The van der Waals surface area contributed by atoms with Crippen molar-refractivity contribution in [1.29, 1.82) is 5.26 Å². The molecule has 0 aliphatic heterocycles. The summed E-state index contributed by atoms with van der Waals surface area (Å²) in [5.41, 5.74) is 1.26. The van der Waals surface area contributed by atoms with E-state index in [1.165, 1.54) is 10.4 Å². The summed E-state index contributed by atoms with van der Waals surface area (Å²) < 4.78 is 0. The number of thioether (sulfide) groups is 1. The number of nitrogens with zero attached hydrogens (tertiary/aromatic N) is 3. The Hall–Kier alpha value is -1.12. The van der Waals surface area contributed by atoms with Crippen LogP contribution in [0.4, 0.5) is 0 Å². The molecule has 0 N–H and O–H groups in total. The van der Waals surface area contributed by atoms with Crippen LogP contribution >= 0.6 is 23.1 Å². The van der Waals surface area contributed by atoms with Gasteiger partial charge in [0.1, 0.15) is 16.2 Å². The van der Waals surface area contributed by atoms with Crippen molar-refractivity contribution in [3.05, 3.63) is 16.8 Å². The molecule has 2 rings (SSSR count). The van der Waals surface area contributed by atoms with Gasteiger partial charge in [0, 0.05) is 22.4 Å². The van der Waals surface area contributed by atoms with Gasteiger partial charge in [0.05, 0.1) is 6.07 Å². The summed E-state index contributed by atoms with van der Waals surface area (Å²) in [4.78, 5) is 10.9. The van der Waals surface area contributed by atoms with Gasteiger partial charge in [-0.3, -0.25) is 0 Å². The van der Waals surface area contributed by atoms with Crippen molar-refractivity contribution in [2.24, 2.45) is 0 Å². The molecule has 2 aromatic rings. The average molecular weight is 249 g/mol. The standard InChI is InChI=1S/C11H11N3S2/c1-7-8(2)16-11-9(7)10(13-6-14-11)15-5-3-4-12/h6H,3,5H2,1-2H3. The first-order valence-electron chi connectivity index (χ1n) is 4.94. The van der Waals surface area contributed by atoms with Gasteiger partial charge in [-0.05, 0) is 19.4 Å². The highest BCUT2D eigenvalue weighted by Gasteiger charge is 2.11. The van der Waals surface area contributed by atoms with Crippen molar-refractivity contribution in [3.8, 4) is 6.07 Å². The number of aryl methyl sites for hydroxylation is 2. The Kier molecular flexibility index (Phi) is 3.42. The van der Waals surface area contributed by atoms with Gasteiger partial charge < -0.3 is 0 Å². The van der Waals surface area contributed by atoms with Gasteiger partial charge in [-0.15, -0.1) is 23.1 Å². The fourth-order valence-electron chi connectivity index (χ4n) is 1.45. The van der Waals surface area contributed by atoms with Crippen molar-refractivity contribution in [2.75, 3.05) is 5.75 Å². The maximum Gasteiger partial charge on any atom is 0.128 e. The van der Waals surface area contributed by atoms with Crippen LogP contribution in [0, 0.1) is 25.2 Å². The Bertz CT molecular complexity index is 554. The Morgan fingerprint density at radius 1 is 1.44 bits per heavy atom. The smallest absolute Gasteiger partial charge is 0.128 e. The van der Waals surface area contributed by atoms with Crippen LogP contribution in [0.5, 0.6) is 0 Å². The van der Waals surface area contributed by atoms with E-state index in [2.05, 4.69) is 29.9 Å². The predicted octanol–water partition coefficient (Wildman–Crippen LogP) is 3.31. The van der Waals surface area contributed by atoms with E-state index in [0.29, 0.717) is 6.42 Å². The molecule has 82 valence electrons. The average Bonchev–Trinajstić information content (AvgIpc) is 2.56. The number of rotatable bonds is 3. The summed E-state index contributed by atoms with van der Waals surface area (Å²) >= 11 is 3.34. The molecule has 0 bridgehead atoms. The lowest BCUT2D eigenvalue weighted by molar-refractivity contribution is 1.10. The van der Waals surface area contributed by atoms with Crippen molar-refractivity contribution in [1.82, 2.24) is 9.97 Å². The lowest BCUT2D eigenvalue weighted by Gasteiger charge is -2.00. The second kappa shape index (κ2) is 4.81. The summed E-state index contributed by atoms with van der Waals surface area (Å²) in [6, 6.07) is 2.14. The number of thiophene rings is 1. The van der Waals surface area contributed by atoms with Crippen molar-refractivity contribution in [3.63, 3.8) is 0 Å². The molecular weight excluding hydrogens is 238 g/mol. The third-order valence-electron chi connectivity index (χ3n) is 2.38. The van der Waals surface area contributed by atoms with Gasteiger partial charge in [-0.1, -0.05) is 0 Å². The number of hydrogen-bond acceptors (Lipinski definition) is 5. The summed E-state index contributed by atoms with van der Waals surface area (Å²) in [6.07, 6.45) is 2.16. The maximum absolute atomic E-state index is 8.52. The third kappa shape index (κ3) is 2.04. The van der Waals surface area contributed by atoms with Crippen LogP contribution in [0.2, 0.25) is 0 Å². The molecule has 2 heterocycles. The molecule has 0 unspecified atom stereocenters. The molecule has 0 spiro atoms. The second-order valence-electron chi connectivity index (χ2n) is 3.40. The molecule has 0 fully saturated rings. The van der Waals surface area contributed by atoms with Crippen LogP contribution in [0.3, 0.4) is 0 Å². The van der Waals surface area contributed by atoms with E-state index in [9.17, 15) is 0 Å². The summed E-state index contributed by atoms with van der Waals surface area (Å²) in [5.74, 6) is 0.789. The molecule has 0 aliphatic rings. The topological polar surface area (TPSA) is 49.6 Å². The van der Waals surface area contributed by atoms with Crippen LogP contribution in [-0.4, -0.2) is 15.7 Å². The lowest BCUT2D eigenvalue weighted by atomic mass is 10.2. The molecule has 2 aromatic heterocycles. The molecule has 3 nitrogen and oxygen atoms in total. The zero-order valence-electron chi connectivity index (χ0n) is 9.15. The molecule has 16 heavy (non-hydrogen) atoms.